The zero-order chi connectivity index (χ0) is 17.2. The molecule has 1 heterocycles. The van der Waals surface area contributed by atoms with Gasteiger partial charge in [0.25, 0.3) is 0 Å². The molecule has 1 aliphatic carbocycles. The molecule has 0 spiro atoms. The normalized spacial score (nSPS) is 24.0. The van der Waals surface area contributed by atoms with Crippen molar-refractivity contribution in [1.29, 1.82) is 0 Å². The molecule has 1 amide bonds. The van der Waals surface area contributed by atoms with Gasteiger partial charge in [-0.3, -0.25) is 4.79 Å². The molecule has 2 N–H and O–H groups in total. The average Bonchev–Trinajstić information content (AvgIpc) is 3.28. The third-order valence-corrected chi connectivity index (χ3v) is 6.07. The zero-order valence-corrected chi connectivity index (χ0v) is 14.8. The van der Waals surface area contributed by atoms with E-state index in [1.54, 1.807) is 0 Å². The van der Waals surface area contributed by atoms with Gasteiger partial charge in [-0.15, -0.1) is 0 Å². The van der Waals surface area contributed by atoms with Crippen LogP contribution in [0.3, 0.4) is 0 Å². The number of halogens is 1. The Morgan fingerprint density at radius 1 is 1.21 bits per heavy atom. The lowest BCUT2D eigenvalue weighted by atomic mass is 10.1. The van der Waals surface area contributed by atoms with E-state index in [0.29, 0.717) is 17.5 Å². The number of ether oxygens (including phenoxy) is 1. The van der Waals surface area contributed by atoms with Gasteiger partial charge in [-0.1, -0.05) is 11.6 Å². The Hall–Kier alpha value is -1.15. The molecule has 2 unspecified atom stereocenters. The van der Waals surface area contributed by atoms with Crippen molar-refractivity contribution in [1.82, 2.24) is 10.0 Å². The fourth-order valence-electron chi connectivity index (χ4n) is 2.93. The van der Waals surface area contributed by atoms with Crippen LogP contribution in [0.25, 0.3) is 0 Å². The molecule has 3 rings (SSSR count). The van der Waals surface area contributed by atoms with E-state index in [1.807, 2.05) is 0 Å². The summed E-state index contributed by atoms with van der Waals surface area (Å²) in [5.41, 5.74) is 0. The van der Waals surface area contributed by atoms with Crippen molar-refractivity contribution in [3.05, 3.63) is 29.3 Å². The van der Waals surface area contributed by atoms with Crippen LogP contribution in [0.15, 0.2) is 29.2 Å². The Balaban J connectivity index is 1.45. The van der Waals surface area contributed by atoms with Gasteiger partial charge in [-0.25, -0.2) is 13.1 Å². The van der Waals surface area contributed by atoms with Crippen LogP contribution in [0.5, 0.6) is 0 Å². The van der Waals surface area contributed by atoms with Gasteiger partial charge < -0.3 is 10.1 Å². The summed E-state index contributed by atoms with van der Waals surface area (Å²) in [5.74, 6) is 0.413. The zero-order valence-electron chi connectivity index (χ0n) is 13.2. The number of carbonyl (C=O) groups is 1. The first kappa shape index (κ1) is 17.7. The van der Waals surface area contributed by atoms with Crippen LogP contribution in [0.2, 0.25) is 5.02 Å². The van der Waals surface area contributed by atoms with Crippen molar-refractivity contribution in [2.45, 2.75) is 42.7 Å². The van der Waals surface area contributed by atoms with Gasteiger partial charge in [0, 0.05) is 24.6 Å². The molecule has 1 aromatic carbocycles. The molecule has 6 nitrogen and oxygen atoms in total. The summed E-state index contributed by atoms with van der Waals surface area (Å²) in [4.78, 5) is 12.2. The summed E-state index contributed by atoms with van der Waals surface area (Å²) < 4.78 is 32.3. The molecule has 0 bridgehead atoms. The van der Waals surface area contributed by atoms with Crippen molar-refractivity contribution in [3.63, 3.8) is 0 Å². The topological polar surface area (TPSA) is 84.5 Å². The van der Waals surface area contributed by atoms with Gasteiger partial charge in [0.15, 0.2) is 0 Å². The molecular weight excluding hydrogens is 352 g/mol. The molecule has 0 aromatic heterocycles. The first-order valence-electron chi connectivity index (χ1n) is 8.12. The van der Waals surface area contributed by atoms with Crippen LogP contribution < -0.4 is 10.0 Å². The van der Waals surface area contributed by atoms with Gasteiger partial charge in [0.2, 0.25) is 15.9 Å². The Morgan fingerprint density at radius 2 is 1.92 bits per heavy atom. The summed E-state index contributed by atoms with van der Waals surface area (Å²) in [5, 5.41) is 3.44. The van der Waals surface area contributed by atoms with Crippen LogP contribution in [0.1, 0.15) is 25.7 Å². The maximum atomic E-state index is 12.1. The van der Waals surface area contributed by atoms with Crippen molar-refractivity contribution in [2.24, 2.45) is 5.92 Å². The highest BCUT2D eigenvalue weighted by atomic mass is 35.5. The second-order valence-electron chi connectivity index (χ2n) is 6.24. The minimum Gasteiger partial charge on any atom is -0.376 e. The molecule has 24 heavy (non-hydrogen) atoms. The predicted molar refractivity (Wildman–Crippen MR) is 90.3 cm³/mol. The number of benzene rings is 1. The fourth-order valence-corrected chi connectivity index (χ4v) is 4.09. The molecule has 1 saturated carbocycles. The van der Waals surface area contributed by atoms with Crippen molar-refractivity contribution >= 4 is 27.5 Å². The maximum Gasteiger partial charge on any atom is 0.240 e. The minimum absolute atomic E-state index is 0.0536. The summed E-state index contributed by atoms with van der Waals surface area (Å²) in [6, 6.07) is 5.95. The molecule has 8 heteroatoms. The lowest BCUT2D eigenvalue weighted by Crippen LogP contribution is -2.42. The number of hydrogen-bond acceptors (Lipinski definition) is 4. The molecule has 2 atom stereocenters. The lowest BCUT2D eigenvalue weighted by molar-refractivity contribution is -0.122. The lowest BCUT2D eigenvalue weighted by Gasteiger charge is -2.19. The average molecular weight is 373 g/mol. The highest BCUT2D eigenvalue weighted by Crippen LogP contribution is 2.38. The summed E-state index contributed by atoms with van der Waals surface area (Å²) in [7, 11) is -3.63. The van der Waals surface area contributed by atoms with Crippen LogP contribution in [0.4, 0.5) is 0 Å². The number of hydrogen-bond donors (Lipinski definition) is 2. The number of nitrogens with one attached hydrogen (secondary N) is 2. The first-order valence-corrected chi connectivity index (χ1v) is 9.98. The summed E-state index contributed by atoms with van der Waals surface area (Å²) >= 11 is 5.75. The second kappa shape index (κ2) is 7.39. The standard InChI is InChI=1S/C16H21ClN2O4S/c17-12-3-5-13(6-4-12)24(21,22)18-9-7-15(20)19-14-8-10-23-16(14)11-1-2-11/h3-6,11,14,16,18H,1-2,7-10H2,(H,19,20). The molecule has 132 valence electrons. The molecule has 1 saturated heterocycles. The van der Waals surface area contributed by atoms with E-state index >= 15 is 0 Å². The van der Waals surface area contributed by atoms with Crippen molar-refractivity contribution in [3.8, 4) is 0 Å². The first-order chi connectivity index (χ1) is 11.5. The van der Waals surface area contributed by atoms with E-state index in [9.17, 15) is 13.2 Å². The second-order valence-corrected chi connectivity index (χ2v) is 8.44. The fraction of sp³-hybridized carbons (Fsp3) is 0.562. The van der Waals surface area contributed by atoms with Gasteiger partial charge in [-0.2, -0.15) is 0 Å². The third kappa shape index (κ3) is 4.47. The predicted octanol–water partition coefficient (Wildman–Crippen LogP) is 1.69. The molecule has 0 radical (unpaired) electrons. The minimum atomic E-state index is -3.63. The maximum absolute atomic E-state index is 12.1. The number of amides is 1. The largest absolute Gasteiger partial charge is 0.376 e. The van der Waals surface area contributed by atoms with Crippen LogP contribution in [0, 0.1) is 5.92 Å². The van der Waals surface area contributed by atoms with Crippen molar-refractivity contribution in [2.75, 3.05) is 13.2 Å². The van der Waals surface area contributed by atoms with Crippen LogP contribution in [-0.2, 0) is 19.6 Å². The Labute approximate surface area is 147 Å². The van der Waals surface area contributed by atoms with E-state index in [1.165, 1.54) is 24.3 Å². The van der Waals surface area contributed by atoms with Gasteiger partial charge >= 0.3 is 0 Å². The molecule has 2 aliphatic rings. The van der Waals surface area contributed by atoms with Gasteiger partial charge in [0.05, 0.1) is 17.0 Å². The highest BCUT2D eigenvalue weighted by molar-refractivity contribution is 7.89. The van der Waals surface area contributed by atoms with Crippen molar-refractivity contribution < 1.29 is 17.9 Å². The van der Waals surface area contributed by atoms with Gasteiger partial charge in [0.1, 0.15) is 0 Å². The Morgan fingerprint density at radius 3 is 2.58 bits per heavy atom. The Bertz CT molecular complexity index is 689. The van der Waals surface area contributed by atoms with Crippen LogP contribution in [-0.4, -0.2) is 39.6 Å². The summed E-state index contributed by atoms with van der Waals surface area (Å²) in [6.45, 7) is 0.730. The SMILES string of the molecule is O=C(CCNS(=O)(=O)c1ccc(Cl)cc1)NC1CCOC1C1CC1. The van der Waals surface area contributed by atoms with E-state index in [0.717, 1.165) is 19.3 Å². The van der Waals surface area contributed by atoms with E-state index < -0.39 is 10.0 Å². The molecule has 2 fully saturated rings. The molecule has 1 aliphatic heterocycles. The molecular formula is C16H21ClN2O4S. The highest BCUT2D eigenvalue weighted by Gasteiger charge is 2.41. The van der Waals surface area contributed by atoms with E-state index in [2.05, 4.69) is 10.0 Å². The number of rotatable bonds is 7. The monoisotopic (exact) mass is 372 g/mol. The van der Waals surface area contributed by atoms with Crippen LogP contribution >= 0.6 is 11.6 Å². The smallest absolute Gasteiger partial charge is 0.240 e. The molecule has 1 aromatic rings. The van der Waals surface area contributed by atoms with E-state index in [4.69, 9.17) is 16.3 Å². The van der Waals surface area contributed by atoms with Gasteiger partial charge in [-0.05, 0) is 49.4 Å². The number of sulfonamides is 1. The Kier molecular flexibility index (Phi) is 5.44. The number of carbonyl (C=O) groups excluding carboxylic acids is 1. The quantitative estimate of drug-likeness (QED) is 0.762. The van der Waals surface area contributed by atoms with E-state index in [-0.39, 0.29) is 35.9 Å². The summed E-state index contributed by atoms with van der Waals surface area (Å²) in [6.07, 6.45) is 3.37. The third-order valence-electron chi connectivity index (χ3n) is 4.34.